The quantitative estimate of drug-likeness (QED) is 0.566. The zero-order valence-electron chi connectivity index (χ0n) is 17.3. The van der Waals surface area contributed by atoms with Crippen molar-refractivity contribution in [2.45, 2.75) is 26.3 Å². The molecule has 7 heteroatoms. The minimum atomic E-state index is -1.01. The van der Waals surface area contributed by atoms with Gasteiger partial charge in [0.05, 0.1) is 24.5 Å². The van der Waals surface area contributed by atoms with E-state index >= 15 is 0 Å². The number of carbonyl (C=O) groups is 3. The molecule has 0 spiro atoms. The van der Waals surface area contributed by atoms with Crippen LogP contribution in [-0.4, -0.2) is 36.5 Å². The average molecular weight is 407 g/mol. The van der Waals surface area contributed by atoms with E-state index in [1.807, 2.05) is 42.5 Å². The second-order valence-electron chi connectivity index (χ2n) is 7.32. The van der Waals surface area contributed by atoms with Crippen molar-refractivity contribution in [3.05, 3.63) is 60.2 Å². The molecule has 0 radical (unpaired) electrons. The van der Waals surface area contributed by atoms with Gasteiger partial charge in [0.1, 0.15) is 5.54 Å². The number of nitrogens with zero attached hydrogens (tertiary/aromatic N) is 1. The molecule has 1 heterocycles. The van der Waals surface area contributed by atoms with Crippen molar-refractivity contribution >= 4 is 40.9 Å². The van der Waals surface area contributed by atoms with Gasteiger partial charge in [-0.05, 0) is 56.7 Å². The lowest BCUT2D eigenvalue weighted by Crippen LogP contribution is -2.59. The number of ether oxygens (including phenoxy) is 1. The van der Waals surface area contributed by atoms with Crippen LogP contribution in [0.25, 0.3) is 6.08 Å². The van der Waals surface area contributed by atoms with Gasteiger partial charge in [0.15, 0.2) is 0 Å². The van der Waals surface area contributed by atoms with E-state index in [-0.39, 0.29) is 18.4 Å². The Hall–Kier alpha value is -3.61. The van der Waals surface area contributed by atoms with Crippen molar-refractivity contribution < 1.29 is 19.1 Å². The highest BCUT2D eigenvalue weighted by Gasteiger charge is 2.43. The highest BCUT2D eigenvalue weighted by molar-refractivity contribution is 6.14. The molecule has 2 amide bonds. The molecule has 7 nitrogen and oxygen atoms in total. The molecule has 2 aromatic carbocycles. The molecular weight excluding hydrogens is 382 g/mol. The Morgan fingerprint density at radius 3 is 2.53 bits per heavy atom. The molecule has 0 atom stereocenters. The lowest BCUT2D eigenvalue weighted by molar-refractivity contribution is -0.137. The summed E-state index contributed by atoms with van der Waals surface area (Å²) in [6.07, 6.45) is 3.04. The van der Waals surface area contributed by atoms with Crippen LogP contribution in [0.3, 0.4) is 0 Å². The minimum Gasteiger partial charge on any atom is -0.463 e. The van der Waals surface area contributed by atoms with Crippen LogP contribution in [0.5, 0.6) is 0 Å². The normalized spacial score (nSPS) is 14.8. The highest BCUT2D eigenvalue weighted by Crippen LogP contribution is 2.36. The molecule has 1 aliphatic rings. The number of benzene rings is 2. The van der Waals surface area contributed by atoms with E-state index in [1.54, 1.807) is 32.9 Å². The van der Waals surface area contributed by atoms with Crippen molar-refractivity contribution in [3.8, 4) is 0 Å². The molecule has 2 aromatic rings. The van der Waals surface area contributed by atoms with Crippen LogP contribution in [0.1, 0.15) is 26.3 Å². The maximum atomic E-state index is 13.0. The van der Waals surface area contributed by atoms with Gasteiger partial charge in [0.25, 0.3) is 0 Å². The Labute approximate surface area is 175 Å². The Morgan fingerprint density at radius 2 is 1.83 bits per heavy atom. The summed E-state index contributed by atoms with van der Waals surface area (Å²) >= 11 is 0. The van der Waals surface area contributed by atoms with Crippen LogP contribution >= 0.6 is 0 Å². The van der Waals surface area contributed by atoms with Gasteiger partial charge in [0.2, 0.25) is 11.8 Å². The van der Waals surface area contributed by atoms with E-state index in [2.05, 4.69) is 10.6 Å². The largest absolute Gasteiger partial charge is 0.463 e. The summed E-state index contributed by atoms with van der Waals surface area (Å²) in [5.74, 6) is -0.834. The van der Waals surface area contributed by atoms with Gasteiger partial charge in [-0.1, -0.05) is 24.3 Å². The first kappa shape index (κ1) is 21.1. The average Bonchev–Trinajstić information content (AvgIpc) is 2.72. The maximum Gasteiger partial charge on any atom is 0.330 e. The van der Waals surface area contributed by atoms with E-state index in [0.717, 1.165) is 11.3 Å². The molecule has 0 aliphatic carbocycles. The zero-order chi connectivity index (χ0) is 21.7. The van der Waals surface area contributed by atoms with E-state index < -0.39 is 11.5 Å². The molecule has 30 heavy (non-hydrogen) atoms. The molecular formula is C23H25N3O4. The highest BCUT2D eigenvalue weighted by atomic mass is 16.5. The number of anilines is 3. The first-order chi connectivity index (χ1) is 14.3. The van der Waals surface area contributed by atoms with Crippen molar-refractivity contribution in [1.82, 2.24) is 0 Å². The number of rotatable bonds is 6. The zero-order valence-corrected chi connectivity index (χ0v) is 17.3. The van der Waals surface area contributed by atoms with E-state index in [4.69, 9.17) is 4.74 Å². The standard InChI is InChI=1S/C23H25N3O4/c1-4-30-21(28)14-11-16-9-12-17(13-10-16)24-15-20(27)26-19-8-6-5-7-18(19)25-22(29)23(26,2)3/h5-14,24H,4,15H2,1-3H3,(H,25,29)/b14-11-. The maximum absolute atomic E-state index is 13.0. The SMILES string of the molecule is CCOC(=O)/C=C\c1ccc(NCC(=O)N2c3ccccc3NC(=O)C2(C)C)cc1. The smallest absolute Gasteiger partial charge is 0.330 e. The second kappa shape index (κ2) is 8.82. The summed E-state index contributed by atoms with van der Waals surface area (Å²) in [4.78, 5) is 38.4. The van der Waals surface area contributed by atoms with Gasteiger partial charge < -0.3 is 15.4 Å². The van der Waals surface area contributed by atoms with Crippen LogP contribution in [0, 0.1) is 0 Å². The second-order valence-corrected chi connectivity index (χ2v) is 7.32. The van der Waals surface area contributed by atoms with Crippen molar-refractivity contribution in [2.24, 2.45) is 0 Å². The molecule has 0 bridgehead atoms. The topological polar surface area (TPSA) is 87.7 Å². The van der Waals surface area contributed by atoms with Gasteiger partial charge >= 0.3 is 5.97 Å². The summed E-state index contributed by atoms with van der Waals surface area (Å²) in [6, 6.07) is 14.5. The summed E-state index contributed by atoms with van der Waals surface area (Å²) in [6.45, 7) is 5.56. The Kier molecular flexibility index (Phi) is 6.20. The molecule has 156 valence electrons. The molecule has 0 saturated carbocycles. The van der Waals surface area contributed by atoms with Gasteiger partial charge in [-0.2, -0.15) is 0 Å². The van der Waals surface area contributed by atoms with Crippen molar-refractivity contribution in [1.29, 1.82) is 0 Å². The summed E-state index contributed by atoms with van der Waals surface area (Å²) in [5, 5.41) is 5.95. The van der Waals surface area contributed by atoms with Gasteiger partial charge in [-0.25, -0.2) is 4.79 Å². The molecule has 0 aromatic heterocycles. The van der Waals surface area contributed by atoms with E-state index in [9.17, 15) is 14.4 Å². The van der Waals surface area contributed by atoms with E-state index in [1.165, 1.54) is 11.0 Å². The predicted octanol–water partition coefficient (Wildman–Crippen LogP) is 3.44. The fourth-order valence-electron chi connectivity index (χ4n) is 3.22. The molecule has 0 fully saturated rings. The lowest BCUT2D eigenvalue weighted by Gasteiger charge is -2.42. The van der Waals surface area contributed by atoms with Crippen LogP contribution in [0.4, 0.5) is 17.1 Å². The van der Waals surface area contributed by atoms with Gasteiger partial charge in [-0.15, -0.1) is 0 Å². The number of fused-ring (bicyclic) bond motifs is 1. The summed E-state index contributed by atoms with van der Waals surface area (Å²) in [7, 11) is 0. The van der Waals surface area contributed by atoms with Crippen molar-refractivity contribution in [3.63, 3.8) is 0 Å². The third-order valence-corrected chi connectivity index (χ3v) is 4.81. The number of carbonyl (C=O) groups excluding carboxylic acids is 3. The molecule has 1 aliphatic heterocycles. The number of hydrogen-bond acceptors (Lipinski definition) is 5. The monoisotopic (exact) mass is 407 g/mol. The fraction of sp³-hybridized carbons (Fsp3) is 0.261. The van der Waals surface area contributed by atoms with Gasteiger partial charge in [-0.3, -0.25) is 14.5 Å². The van der Waals surface area contributed by atoms with Gasteiger partial charge in [0, 0.05) is 11.8 Å². The fourth-order valence-corrected chi connectivity index (χ4v) is 3.22. The van der Waals surface area contributed by atoms with Crippen LogP contribution in [0.15, 0.2) is 54.6 Å². The molecule has 3 rings (SSSR count). The number of para-hydroxylation sites is 2. The molecule has 0 unspecified atom stereocenters. The first-order valence-electron chi connectivity index (χ1n) is 9.75. The van der Waals surface area contributed by atoms with Crippen LogP contribution in [-0.2, 0) is 19.1 Å². The third-order valence-electron chi connectivity index (χ3n) is 4.81. The molecule has 0 saturated heterocycles. The molecule has 2 N–H and O–H groups in total. The number of nitrogens with one attached hydrogen (secondary N) is 2. The third kappa shape index (κ3) is 4.51. The number of esters is 1. The first-order valence-corrected chi connectivity index (χ1v) is 9.75. The predicted molar refractivity (Wildman–Crippen MR) is 117 cm³/mol. The lowest BCUT2D eigenvalue weighted by atomic mass is 9.96. The number of hydrogen-bond donors (Lipinski definition) is 2. The minimum absolute atomic E-state index is 0.0308. The Bertz CT molecular complexity index is 980. The Balaban J connectivity index is 1.68. The van der Waals surface area contributed by atoms with Crippen molar-refractivity contribution in [2.75, 3.05) is 28.7 Å². The van der Waals surface area contributed by atoms with Crippen LogP contribution < -0.4 is 15.5 Å². The van der Waals surface area contributed by atoms with Crippen LogP contribution in [0.2, 0.25) is 0 Å². The summed E-state index contributed by atoms with van der Waals surface area (Å²) in [5.41, 5.74) is 1.88. The van der Waals surface area contributed by atoms with E-state index in [0.29, 0.717) is 18.0 Å². The number of amides is 2. The Morgan fingerprint density at radius 1 is 1.13 bits per heavy atom. The summed E-state index contributed by atoms with van der Waals surface area (Å²) < 4.78 is 4.85.